The molecule has 3 aromatic rings. The fraction of sp³-hybridized carbons (Fsp3) is 0.648. The molecule has 49 heteroatoms. The first-order valence-electron chi connectivity index (χ1n) is 45.2. The number of anilines is 1. The molecule has 3 aliphatic heterocycles. The quantitative estimate of drug-likeness (QED) is 0.0171. The van der Waals surface area contributed by atoms with Crippen LogP contribution in [-0.2, 0) is 130 Å². The number of fused-ring (bicyclic) bond motifs is 5. The molecule has 137 heavy (non-hydrogen) atoms. The van der Waals surface area contributed by atoms with Gasteiger partial charge in [-0.25, -0.2) is 9.59 Å². The molecule has 2 bridgehead atoms. The number of aliphatic hydroxyl groups is 3. The van der Waals surface area contributed by atoms with Crippen molar-refractivity contribution in [3.63, 3.8) is 0 Å². The minimum atomic E-state index is -2.43. The summed E-state index contributed by atoms with van der Waals surface area (Å²) >= 11 is 4.58. The van der Waals surface area contributed by atoms with E-state index in [1.54, 1.807) is 87.6 Å². The van der Waals surface area contributed by atoms with Gasteiger partial charge in [0.2, 0.25) is 53.2 Å². The van der Waals surface area contributed by atoms with Crippen LogP contribution < -0.4 is 80.4 Å². The lowest BCUT2D eigenvalue weighted by molar-refractivity contribution is -0.144. The molecule has 13 atom stereocenters. The summed E-state index contributed by atoms with van der Waals surface area (Å²) in [5.41, 5.74) is 20.0. The number of carbonyl (C=O) groups excluding carboxylic acids is 14. The summed E-state index contributed by atoms with van der Waals surface area (Å²) in [5, 5.41) is 65.4. The summed E-state index contributed by atoms with van der Waals surface area (Å²) in [5.74, 6) is -13.2. The molecule has 0 spiro atoms. The van der Waals surface area contributed by atoms with Crippen molar-refractivity contribution in [2.24, 2.45) is 51.9 Å². The lowest BCUT2D eigenvalue weighted by Crippen LogP contribution is -2.60. The Balaban J connectivity index is 0.884. The van der Waals surface area contributed by atoms with Crippen LogP contribution in [0.2, 0.25) is 0 Å². The summed E-state index contributed by atoms with van der Waals surface area (Å²) in [6, 6.07) is -0.0854. The first-order chi connectivity index (χ1) is 65.7. The maximum atomic E-state index is 15.4. The van der Waals surface area contributed by atoms with Crippen molar-refractivity contribution in [2.75, 3.05) is 193 Å². The number of methoxy groups -OCH3 is 1. The largest absolute Gasteiger partial charge is 0.496 e. The van der Waals surface area contributed by atoms with Gasteiger partial charge in [-0.3, -0.25) is 61.7 Å². The molecular weight excluding hydrogens is 1870 g/mol. The number of nitrogens with one attached hydrogen (secondary N) is 12. The van der Waals surface area contributed by atoms with E-state index in [0.29, 0.717) is 142 Å². The number of benzene rings is 2. The van der Waals surface area contributed by atoms with Gasteiger partial charge in [0.05, 0.1) is 178 Å². The van der Waals surface area contributed by atoms with Crippen molar-refractivity contribution in [1.29, 1.82) is 0 Å². The van der Waals surface area contributed by atoms with E-state index in [1.165, 1.54) is 32.0 Å². The second kappa shape index (κ2) is 63.5. The van der Waals surface area contributed by atoms with Gasteiger partial charge in [-0.2, -0.15) is 35.3 Å². The SMILES string of the molecule is CC[C@H](C)[C@@H]1CC(=O)CNC(=O)[C@H]2CC(=O)[C@H]([C@@H](C)[C@@H](O)CO)NC(=O)[C@@H]3C[C@@H](O)CN3C(=O)[C@H](CC(N)=O)NC(=O)[C@@H](CS(=O)c3[nH]c4c(CSCCOCCOCCOCCOCCOCCOCCOCCN/C=C(\N)CNC(=O)OCc5ccc(NC(=O)[C@H](CCCNC(N)=O)NC(=O)[C@@H](NC(=O)CON=C(CSC)CSC)C(C)C)cc5)c(OC)ccc4c3C2)NC(=O)CNC1=O. The minimum absolute atomic E-state index is 0.0108. The molecule has 1 saturated heterocycles. The number of nitrogens with zero attached hydrogens (tertiary/aromatic N) is 2. The maximum absolute atomic E-state index is 15.4. The number of primary amides is 2. The molecule has 4 heterocycles. The third-order valence-corrected chi connectivity index (χ3v) is 25.7. The monoisotopic (exact) mass is 2010 g/mol. The Bertz CT molecular complexity index is 4490. The number of carbonyl (C=O) groups is 14. The number of alkyl carbamates (subject to hydrolysis) is 1. The molecular formula is C88H137N17O28S4. The number of ketones is 2. The van der Waals surface area contributed by atoms with Gasteiger partial charge in [-0.15, -0.1) is 0 Å². The third-order valence-electron chi connectivity index (χ3n) is 22.1. The van der Waals surface area contributed by atoms with E-state index in [4.69, 9.17) is 64.7 Å². The van der Waals surface area contributed by atoms with Crippen LogP contribution in [-0.4, -0.2) is 354 Å². The fourth-order valence-electron chi connectivity index (χ4n) is 14.5. The smallest absolute Gasteiger partial charge is 0.407 e. The molecule has 1 fully saturated rings. The van der Waals surface area contributed by atoms with E-state index in [2.05, 4.69) is 68.6 Å². The summed E-state index contributed by atoms with van der Waals surface area (Å²) in [6.45, 7) is 10.0. The highest BCUT2D eigenvalue weighted by molar-refractivity contribution is 8.00. The normalized spacial score (nSPS) is 20.0. The molecule has 1 aromatic heterocycles. The number of ether oxygens (including phenoxy) is 9. The molecule has 0 aliphatic carbocycles. The van der Waals surface area contributed by atoms with Crippen LogP contribution in [0.1, 0.15) is 96.3 Å². The summed E-state index contributed by atoms with van der Waals surface area (Å²) in [6.07, 6.45) is -0.405. The van der Waals surface area contributed by atoms with Crippen molar-refractivity contribution in [3.05, 3.63) is 65.0 Å². The lowest BCUT2D eigenvalue weighted by Gasteiger charge is -2.32. The second-order valence-electron chi connectivity index (χ2n) is 32.9. The molecule has 21 N–H and O–H groups in total. The van der Waals surface area contributed by atoms with Crippen LogP contribution >= 0.6 is 35.3 Å². The van der Waals surface area contributed by atoms with Crippen LogP contribution in [0.25, 0.3) is 10.9 Å². The average molecular weight is 2010 g/mol. The number of thioether (sulfide) groups is 3. The lowest BCUT2D eigenvalue weighted by atomic mass is 9.85. The zero-order chi connectivity index (χ0) is 100. The number of nitrogens with two attached hydrogens (primary N) is 3. The average Bonchev–Trinajstić information content (AvgIpc) is 1.61. The number of hydrogen-bond acceptors (Lipinski definition) is 34. The first-order valence-corrected chi connectivity index (χ1v) is 50.5. The van der Waals surface area contributed by atoms with E-state index in [1.807, 2.05) is 12.5 Å². The number of oxime groups is 1. The number of urea groups is 1. The number of amides is 13. The van der Waals surface area contributed by atoms with Crippen molar-refractivity contribution in [3.8, 4) is 5.75 Å². The third kappa shape index (κ3) is 41.5. The van der Waals surface area contributed by atoms with Gasteiger partial charge >= 0.3 is 12.1 Å². The van der Waals surface area contributed by atoms with E-state index in [-0.39, 0.29) is 74.6 Å². The van der Waals surface area contributed by atoms with Gasteiger partial charge in [0.25, 0.3) is 5.91 Å². The topological polar surface area (TPSA) is 651 Å². The van der Waals surface area contributed by atoms with E-state index in [0.717, 1.165) is 10.6 Å². The van der Waals surface area contributed by atoms with Gasteiger partial charge in [-0.1, -0.05) is 58.3 Å². The van der Waals surface area contributed by atoms with E-state index < -0.39 is 236 Å². The highest BCUT2D eigenvalue weighted by Gasteiger charge is 2.46. The molecule has 6 rings (SSSR count). The molecule has 3 aliphatic rings. The van der Waals surface area contributed by atoms with Crippen molar-refractivity contribution in [1.82, 2.24) is 63.1 Å². The van der Waals surface area contributed by atoms with Crippen LogP contribution in [0.5, 0.6) is 5.75 Å². The van der Waals surface area contributed by atoms with Crippen LogP contribution in [0.3, 0.4) is 0 Å². The zero-order valence-corrected chi connectivity index (χ0v) is 82.1. The number of aromatic nitrogens is 1. The van der Waals surface area contributed by atoms with Crippen molar-refractivity contribution >= 4 is 151 Å². The molecule has 45 nitrogen and oxygen atoms in total. The standard InChI is InChI=1S/C88H137N17O28S4/c1-9-53(4)63-37-60(107)42-94-79(114)56-35-64-62-16-17-72(124-6)65(78(62)103-85(64)137(123)51-68(98-74(112)43-95-80(63)115)82(117)100-67(39-73(90)111)86(120)105-44-61(108)38-69(105)83(118)102-77(70(109)36-56)54(5)71(110)45-106)50-136-34-33-131-32-31-130-30-29-129-28-27-128-26-25-127-24-23-126-22-21-125-20-19-92-40-57(89)41-96-88(122)132-46-55-12-14-58(15-13-55)97-81(116)66(11-10-18-93-87(91)121)99-84(119)76(52(2)3)101-75(113)47-133-104-59(48-134-7)49-135-8/h12-17,40,52-54,56,61,63,66-69,71,76-77,92,103,106,108,110H,9-11,18-39,41-51,89H2,1-8H3,(H2,90,111)(H,94,114)(H,95,115)(H,96,122)(H,97,116)(H,98,112)(H,99,119)(H,100,117)(H,101,113)(H,102,118)(H3,91,93,121)/b57-40-/t53-,54-,56+,61+,63-,66-,67-,68+,69-,71-,76-,77-,137?/m0/s1. The Morgan fingerprint density at radius 2 is 1.35 bits per heavy atom. The predicted molar refractivity (Wildman–Crippen MR) is 511 cm³/mol. The number of H-pyrrole nitrogens is 1. The number of aliphatic hydroxyl groups excluding tert-OH is 3. The molecule has 0 saturated carbocycles. The van der Waals surface area contributed by atoms with Crippen LogP contribution in [0, 0.1) is 29.6 Å². The number of rotatable bonds is 56. The highest BCUT2D eigenvalue weighted by Crippen LogP contribution is 2.38. The van der Waals surface area contributed by atoms with Gasteiger partial charge < -0.3 is 148 Å². The fourth-order valence-corrected chi connectivity index (χ4v) is 17.9. The first kappa shape index (κ1) is 116. The molecule has 766 valence electrons. The van der Waals surface area contributed by atoms with E-state index in [9.17, 15) is 77.6 Å². The molecule has 0 radical (unpaired) electrons. The van der Waals surface area contributed by atoms with Gasteiger partial charge in [0.15, 0.2) is 18.2 Å². The maximum Gasteiger partial charge on any atom is 0.407 e. The number of Topliss-reactive ketones (excluding diaryl/α,β-unsaturated/α-hetero) is 2. The van der Waals surface area contributed by atoms with Gasteiger partial charge in [0.1, 0.15) is 47.6 Å². The number of aromatic amines is 1. The zero-order valence-electron chi connectivity index (χ0n) is 78.8. The highest BCUT2D eigenvalue weighted by atomic mass is 32.2. The van der Waals surface area contributed by atoms with Crippen LogP contribution in [0.15, 0.2) is 58.5 Å². The molecule has 1 unspecified atom stereocenters. The molecule has 13 amide bonds. The second-order valence-corrected chi connectivity index (χ2v) is 37.2. The molecule has 2 aromatic carbocycles. The Hall–Kier alpha value is -10.0. The van der Waals surface area contributed by atoms with Crippen molar-refractivity contribution in [2.45, 2.75) is 152 Å². The van der Waals surface area contributed by atoms with Gasteiger partial charge in [0, 0.05) is 108 Å². The summed E-state index contributed by atoms with van der Waals surface area (Å²) < 4.78 is 66.2. The minimum Gasteiger partial charge on any atom is -0.496 e. The Labute approximate surface area is 811 Å². The Kier molecular flexibility index (Phi) is 53.6. The Morgan fingerprint density at radius 3 is 1.95 bits per heavy atom. The van der Waals surface area contributed by atoms with Crippen LogP contribution in [0.4, 0.5) is 15.3 Å². The van der Waals surface area contributed by atoms with E-state index >= 15 is 9.00 Å². The number of hydrogen-bond donors (Lipinski definition) is 18. The summed E-state index contributed by atoms with van der Waals surface area (Å²) in [4.78, 5) is 201. The Morgan fingerprint density at radius 1 is 0.723 bits per heavy atom. The predicted octanol–water partition coefficient (Wildman–Crippen LogP) is -1.66. The van der Waals surface area contributed by atoms with Gasteiger partial charge in [-0.05, 0) is 79.0 Å². The summed E-state index contributed by atoms with van der Waals surface area (Å²) in [7, 11) is -0.987. The van der Waals surface area contributed by atoms with Crippen molar-refractivity contribution < 1.29 is 134 Å².